The van der Waals surface area contributed by atoms with E-state index < -0.39 is 10.0 Å². The molecule has 0 aromatic rings. The molecule has 0 aliphatic rings. The molecule has 0 rings (SSSR count). The molecule has 0 heterocycles. The summed E-state index contributed by atoms with van der Waals surface area (Å²) in [5.74, 6) is -0.169. The number of ketones is 1. The average Bonchev–Trinajstić information content (AvgIpc) is 1.85. The molecule has 0 aromatic heterocycles. The van der Waals surface area contributed by atoms with Crippen LogP contribution in [0.3, 0.4) is 0 Å². The summed E-state index contributed by atoms with van der Waals surface area (Å²) in [7, 11) is -3.19. The summed E-state index contributed by atoms with van der Waals surface area (Å²) >= 11 is 0. The predicted octanol–water partition coefficient (Wildman–Crippen LogP) is -0.485. The van der Waals surface area contributed by atoms with Crippen LogP contribution >= 0.6 is 0 Å². The lowest BCUT2D eigenvalue weighted by Gasteiger charge is -1.99. The maximum Gasteiger partial charge on any atom is 0.211 e. The first-order valence-corrected chi connectivity index (χ1v) is 4.60. The summed E-state index contributed by atoms with van der Waals surface area (Å²) in [4.78, 5) is 10.3. The van der Waals surface area contributed by atoms with Gasteiger partial charge in [0.2, 0.25) is 10.0 Å². The molecule has 0 fully saturated rings. The fraction of sp³-hybridized carbons (Fsp3) is 0.800. The molecule has 60 valence electrons. The summed E-state index contributed by atoms with van der Waals surface area (Å²) in [6.45, 7) is 2.75. The zero-order valence-electron chi connectivity index (χ0n) is 6.05. The van der Waals surface area contributed by atoms with Crippen LogP contribution in [0.2, 0.25) is 0 Å². The van der Waals surface area contributed by atoms with Crippen molar-refractivity contribution in [2.75, 3.05) is 12.3 Å². The van der Waals surface area contributed by atoms with Gasteiger partial charge in [-0.25, -0.2) is 13.1 Å². The first kappa shape index (κ1) is 9.58. The van der Waals surface area contributed by atoms with Gasteiger partial charge >= 0.3 is 0 Å². The van der Waals surface area contributed by atoms with Crippen LogP contribution in [0, 0.1) is 0 Å². The molecule has 5 heteroatoms. The van der Waals surface area contributed by atoms with Crippen molar-refractivity contribution in [3.8, 4) is 0 Å². The van der Waals surface area contributed by atoms with Gasteiger partial charge in [-0.3, -0.25) is 4.79 Å². The summed E-state index contributed by atoms with van der Waals surface area (Å²) in [6, 6.07) is 0. The Labute approximate surface area is 60.7 Å². The molecule has 0 bridgehead atoms. The molecule has 1 N–H and O–H groups in total. The molecule has 0 atom stereocenters. The first-order chi connectivity index (χ1) is 4.48. The van der Waals surface area contributed by atoms with Crippen LogP contribution in [0.25, 0.3) is 0 Å². The number of Topliss-reactive ketones (excluding diaryl/α,β-unsaturated/α-hetero) is 1. The van der Waals surface area contributed by atoms with Gasteiger partial charge in [-0.1, -0.05) is 0 Å². The van der Waals surface area contributed by atoms with E-state index in [1.165, 1.54) is 13.8 Å². The zero-order chi connectivity index (χ0) is 8.20. The third-order valence-corrected chi connectivity index (χ3v) is 2.27. The Kier molecular flexibility index (Phi) is 3.52. The molecule has 0 amide bonds. The standard InChI is InChI=1S/C5H11NO3S/c1-3-10(8,9)6-4-5(2)7/h6H,3-4H2,1-2H3. The summed E-state index contributed by atoms with van der Waals surface area (Å²) < 4.78 is 23.4. The van der Waals surface area contributed by atoms with Crippen LogP contribution in [0.15, 0.2) is 0 Å². The van der Waals surface area contributed by atoms with Crippen LogP contribution < -0.4 is 4.72 Å². The highest BCUT2D eigenvalue weighted by Gasteiger charge is 2.05. The van der Waals surface area contributed by atoms with Crippen LogP contribution in [-0.4, -0.2) is 26.5 Å². The number of carbonyl (C=O) groups excluding carboxylic acids is 1. The topological polar surface area (TPSA) is 63.2 Å². The van der Waals surface area contributed by atoms with Crippen molar-refractivity contribution in [1.29, 1.82) is 0 Å². The van der Waals surface area contributed by atoms with Crippen molar-refractivity contribution in [3.05, 3.63) is 0 Å². The van der Waals surface area contributed by atoms with E-state index in [1.54, 1.807) is 0 Å². The van der Waals surface area contributed by atoms with Crippen LogP contribution in [-0.2, 0) is 14.8 Å². The normalized spacial score (nSPS) is 11.4. The molecular weight excluding hydrogens is 154 g/mol. The van der Waals surface area contributed by atoms with Crippen molar-refractivity contribution in [2.24, 2.45) is 0 Å². The van der Waals surface area contributed by atoms with Crippen molar-refractivity contribution >= 4 is 15.8 Å². The van der Waals surface area contributed by atoms with E-state index in [0.29, 0.717) is 0 Å². The number of nitrogens with one attached hydrogen (secondary N) is 1. The Morgan fingerprint density at radius 3 is 2.30 bits per heavy atom. The molecule has 0 aromatic carbocycles. The number of rotatable bonds is 4. The van der Waals surface area contributed by atoms with Gasteiger partial charge in [0.15, 0.2) is 0 Å². The van der Waals surface area contributed by atoms with Gasteiger partial charge in [-0.05, 0) is 13.8 Å². The largest absolute Gasteiger partial charge is 0.299 e. The Balaban J connectivity index is 3.81. The van der Waals surface area contributed by atoms with Gasteiger partial charge in [-0.15, -0.1) is 0 Å². The minimum Gasteiger partial charge on any atom is -0.299 e. The van der Waals surface area contributed by atoms with E-state index in [2.05, 4.69) is 4.72 Å². The Morgan fingerprint density at radius 2 is 2.00 bits per heavy atom. The molecule has 0 aliphatic carbocycles. The lowest BCUT2D eigenvalue weighted by Crippen LogP contribution is -2.29. The van der Waals surface area contributed by atoms with Crippen LogP contribution in [0.5, 0.6) is 0 Å². The Bertz CT molecular complexity index is 207. The molecule has 10 heavy (non-hydrogen) atoms. The van der Waals surface area contributed by atoms with Gasteiger partial charge < -0.3 is 0 Å². The molecular formula is C5H11NO3S. The van der Waals surface area contributed by atoms with E-state index in [9.17, 15) is 13.2 Å². The van der Waals surface area contributed by atoms with Crippen molar-refractivity contribution < 1.29 is 13.2 Å². The lowest BCUT2D eigenvalue weighted by atomic mass is 10.5. The molecule has 4 nitrogen and oxygen atoms in total. The molecule has 0 aliphatic heterocycles. The van der Waals surface area contributed by atoms with E-state index in [-0.39, 0.29) is 18.1 Å². The molecule has 0 unspecified atom stereocenters. The number of sulfonamides is 1. The van der Waals surface area contributed by atoms with Crippen molar-refractivity contribution in [2.45, 2.75) is 13.8 Å². The van der Waals surface area contributed by atoms with E-state index >= 15 is 0 Å². The second kappa shape index (κ2) is 3.68. The number of carbonyl (C=O) groups is 1. The Hall–Kier alpha value is -0.420. The quantitative estimate of drug-likeness (QED) is 0.611. The summed E-state index contributed by atoms with van der Waals surface area (Å²) in [6.07, 6.45) is 0. The molecule has 0 radical (unpaired) electrons. The fourth-order valence-corrected chi connectivity index (χ4v) is 0.941. The van der Waals surface area contributed by atoms with Gasteiger partial charge in [0, 0.05) is 0 Å². The van der Waals surface area contributed by atoms with Crippen molar-refractivity contribution in [3.63, 3.8) is 0 Å². The highest BCUT2D eigenvalue weighted by molar-refractivity contribution is 7.89. The maximum absolute atomic E-state index is 10.6. The minimum atomic E-state index is -3.19. The summed E-state index contributed by atoms with van der Waals surface area (Å²) in [5.41, 5.74) is 0. The second-order valence-corrected chi connectivity index (χ2v) is 4.02. The minimum absolute atomic E-state index is 0.0142. The number of hydrogen-bond donors (Lipinski definition) is 1. The first-order valence-electron chi connectivity index (χ1n) is 2.94. The third-order valence-electron chi connectivity index (χ3n) is 0.921. The molecule has 0 saturated carbocycles. The predicted molar refractivity (Wildman–Crippen MR) is 38.1 cm³/mol. The van der Waals surface area contributed by atoms with Crippen LogP contribution in [0.4, 0.5) is 0 Å². The van der Waals surface area contributed by atoms with E-state index in [1.807, 2.05) is 0 Å². The average molecular weight is 165 g/mol. The van der Waals surface area contributed by atoms with Gasteiger partial charge in [-0.2, -0.15) is 0 Å². The van der Waals surface area contributed by atoms with Gasteiger partial charge in [0.05, 0.1) is 12.3 Å². The lowest BCUT2D eigenvalue weighted by molar-refractivity contribution is -0.115. The van der Waals surface area contributed by atoms with Crippen molar-refractivity contribution in [1.82, 2.24) is 4.72 Å². The molecule has 0 saturated heterocycles. The van der Waals surface area contributed by atoms with E-state index in [4.69, 9.17) is 0 Å². The zero-order valence-corrected chi connectivity index (χ0v) is 6.86. The third kappa shape index (κ3) is 4.46. The molecule has 0 spiro atoms. The number of hydrogen-bond acceptors (Lipinski definition) is 3. The van der Waals surface area contributed by atoms with Gasteiger partial charge in [0.25, 0.3) is 0 Å². The smallest absolute Gasteiger partial charge is 0.211 e. The second-order valence-electron chi connectivity index (χ2n) is 1.93. The van der Waals surface area contributed by atoms with Gasteiger partial charge in [0.1, 0.15) is 5.78 Å². The summed E-state index contributed by atoms with van der Waals surface area (Å²) in [5, 5.41) is 0. The fourth-order valence-electron chi connectivity index (χ4n) is 0.314. The maximum atomic E-state index is 10.6. The van der Waals surface area contributed by atoms with E-state index in [0.717, 1.165) is 0 Å². The Morgan fingerprint density at radius 1 is 1.50 bits per heavy atom. The highest BCUT2D eigenvalue weighted by atomic mass is 32.2. The highest BCUT2D eigenvalue weighted by Crippen LogP contribution is 1.80. The van der Waals surface area contributed by atoms with Crippen LogP contribution in [0.1, 0.15) is 13.8 Å². The monoisotopic (exact) mass is 165 g/mol. The SMILES string of the molecule is CCS(=O)(=O)NCC(C)=O.